The van der Waals surface area contributed by atoms with E-state index in [0.717, 1.165) is 12.8 Å². The molecule has 5 heteroatoms. The van der Waals surface area contributed by atoms with Crippen LogP contribution in [0.4, 0.5) is 0 Å². The molecule has 0 aliphatic carbocycles. The van der Waals surface area contributed by atoms with Crippen LogP contribution in [0.3, 0.4) is 0 Å². The quantitative estimate of drug-likeness (QED) is 0.688. The van der Waals surface area contributed by atoms with Crippen LogP contribution in [0.2, 0.25) is 0 Å². The van der Waals surface area contributed by atoms with E-state index in [4.69, 9.17) is 0 Å². The highest BCUT2D eigenvalue weighted by Crippen LogP contribution is 2.06. The molecule has 1 rings (SSSR count). The molecule has 0 spiro atoms. The second-order valence-electron chi connectivity index (χ2n) is 4.59. The molecule has 0 unspecified atom stereocenters. The predicted octanol–water partition coefficient (Wildman–Crippen LogP) is 0.749. The van der Waals surface area contributed by atoms with Crippen LogP contribution < -0.4 is 10.6 Å². The summed E-state index contributed by atoms with van der Waals surface area (Å²) in [6, 6.07) is 8.21. The third-order valence-corrected chi connectivity index (χ3v) is 2.82. The summed E-state index contributed by atoms with van der Waals surface area (Å²) in [6.45, 7) is 1.92. The van der Waals surface area contributed by atoms with Crippen LogP contribution in [-0.2, 0) is 20.8 Å². The second-order valence-corrected chi connectivity index (χ2v) is 4.59. The highest BCUT2D eigenvalue weighted by molar-refractivity contribution is 5.85. The third-order valence-electron chi connectivity index (χ3n) is 2.82. The van der Waals surface area contributed by atoms with Crippen LogP contribution >= 0.6 is 0 Å². The summed E-state index contributed by atoms with van der Waals surface area (Å²) in [5.41, 5.74) is 2.42. The number of hydrogen-bond donors (Lipinski definition) is 2. The first-order valence-corrected chi connectivity index (χ1v) is 6.64. The summed E-state index contributed by atoms with van der Waals surface area (Å²) >= 11 is 0. The third kappa shape index (κ3) is 6.68. The van der Waals surface area contributed by atoms with Crippen LogP contribution in [0.1, 0.15) is 24.0 Å². The maximum Gasteiger partial charge on any atom is 0.239 e. The molecule has 2 N–H and O–H groups in total. The molecule has 0 bridgehead atoms. The van der Waals surface area contributed by atoms with Gasteiger partial charge >= 0.3 is 0 Å². The van der Waals surface area contributed by atoms with Gasteiger partial charge in [0.25, 0.3) is 0 Å². The highest BCUT2D eigenvalue weighted by atomic mass is 16.2. The average Bonchev–Trinajstić information content (AvgIpc) is 2.45. The summed E-state index contributed by atoms with van der Waals surface area (Å²) in [5.74, 6) is -0.512. The number of carbonyl (C=O) groups is 3. The Morgan fingerprint density at radius 3 is 2.45 bits per heavy atom. The zero-order valence-electron chi connectivity index (χ0n) is 11.6. The Hall–Kier alpha value is -2.17. The van der Waals surface area contributed by atoms with Crippen molar-refractivity contribution in [2.45, 2.75) is 26.2 Å². The molecule has 0 saturated carbocycles. The van der Waals surface area contributed by atoms with Gasteiger partial charge < -0.3 is 15.4 Å². The van der Waals surface area contributed by atoms with Gasteiger partial charge in [-0.05, 0) is 25.3 Å². The van der Waals surface area contributed by atoms with Gasteiger partial charge in [0.2, 0.25) is 11.8 Å². The Kier molecular flexibility index (Phi) is 7.03. The number of carbonyl (C=O) groups excluding carboxylic acids is 3. The molecule has 0 aromatic heterocycles. The molecule has 5 nitrogen and oxygen atoms in total. The number of aryl methyl sites for hydroxylation is 2. The molecule has 0 fully saturated rings. The maximum absolute atomic E-state index is 11.5. The van der Waals surface area contributed by atoms with Crippen molar-refractivity contribution in [1.82, 2.24) is 10.6 Å². The van der Waals surface area contributed by atoms with E-state index in [0.29, 0.717) is 12.7 Å². The summed E-state index contributed by atoms with van der Waals surface area (Å²) in [7, 11) is 0. The second kappa shape index (κ2) is 8.85. The molecule has 1 aromatic rings. The van der Waals surface area contributed by atoms with Gasteiger partial charge in [0, 0.05) is 6.42 Å². The van der Waals surface area contributed by atoms with E-state index in [1.165, 1.54) is 11.1 Å². The van der Waals surface area contributed by atoms with Crippen molar-refractivity contribution in [3.63, 3.8) is 0 Å². The summed E-state index contributed by atoms with van der Waals surface area (Å²) < 4.78 is 0. The highest BCUT2D eigenvalue weighted by Gasteiger charge is 2.05. The van der Waals surface area contributed by atoms with Gasteiger partial charge in [0.1, 0.15) is 6.29 Å². The summed E-state index contributed by atoms with van der Waals surface area (Å²) in [6.07, 6.45) is 2.56. The van der Waals surface area contributed by atoms with Crippen molar-refractivity contribution in [3.05, 3.63) is 35.4 Å². The molecule has 0 aliphatic heterocycles. The van der Waals surface area contributed by atoms with E-state index in [1.54, 1.807) is 0 Å². The average molecular weight is 276 g/mol. The largest absolute Gasteiger partial charge is 0.348 e. The van der Waals surface area contributed by atoms with E-state index in [1.807, 2.05) is 19.1 Å². The Morgan fingerprint density at radius 2 is 1.80 bits per heavy atom. The standard InChI is InChI=1S/C15H20N2O3/c1-12-5-7-13(8-6-12)3-2-4-14(19)17-11-15(20)16-9-10-18/h5-8,10H,2-4,9,11H2,1H3,(H,16,20)(H,17,19). The fourth-order valence-corrected chi connectivity index (χ4v) is 1.69. The minimum atomic E-state index is -0.357. The van der Waals surface area contributed by atoms with E-state index < -0.39 is 0 Å². The lowest BCUT2D eigenvalue weighted by Gasteiger charge is -2.05. The Bertz CT molecular complexity index is 455. The molecule has 2 amide bonds. The van der Waals surface area contributed by atoms with E-state index in [2.05, 4.69) is 22.8 Å². The zero-order valence-corrected chi connectivity index (χ0v) is 11.6. The summed E-state index contributed by atoms with van der Waals surface area (Å²) in [4.78, 5) is 32.7. The lowest BCUT2D eigenvalue weighted by Crippen LogP contribution is -2.37. The van der Waals surface area contributed by atoms with Gasteiger partial charge in [-0.3, -0.25) is 9.59 Å². The minimum Gasteiger partial charge on any atom is -0.348 e. The van der Waals surface area contributed by atoms with E-state index in [-0.39, 0.29) is 24.9 Å². The summed E-state index contributed by atoms with van der Waals surface area (Å²) in [5, 5.41) is 4.87. The van der Waals surface area contributed by atoms with Gasteiger partial charge in [-0.15, -0.1) is 0 Å². The molecular formula is C15H20N2O3. The Balaban J connectivity index is 2.15. The van der Waals surface area contributed by atoms with Crippen molar-refractivity contribution >= 4 is 18.1 Å². The van der Waals surface area contributed by atoms with Gasteiger partial charge in [0.05, 0.1) is 13.1 Å². The van der Waals surface area contributed by atoms with Crippen molar-refractivity contribution in [2.24, 2.45) is 0 Å². The number of aldehydes is 1. The van der Waals surface area contributed by atoms with E-state index in [9.17, 15) is 14.4 Å². The Morgan fingerprint density at radius 1 is 1.10 bits per heavy atom. The molecule has 20 heavy (non-hydrogen) atoms. The smallest absolute Gasteiger partial charge is 0.239 e. The van der Waals surface area contributed by atoms with Gasteiger partial charge in [0.15, 0.2) is 0 Å². The molecular weight excluding hydrogens is 256 g/mol. The minimum absolute atomic E-state index is 0.0257. The van der Waals surface area contributed by atoms with Crippen molar-refractivity contribution < 1.29 is 14.4 Å². The maximum atomic E-state index is 11.5. The molecule has 0 saturated heterocycles. The molecule has 0 heterocycles. The molecule has 108 valence electrons. The van der Waals surface area contributed by atoms with Crippen molar-refractivity contribution in [3.8, 4) is 0 Å². The Labute approximate surface area is 118 Å². The van der Waals surface area contributed by atoms with E-state index >= 15 is 0 Å². The fraction of sp³-hybridized carbons (Fsp3) is 0.400. The molecule has 0 radical (unpaired) electrons. The number of benzene rings is 1. The van der Waals surface area contributed by atoms with Crippen LogP contribution in [0, 0.1) is 6.92 Å². The number of rotatable bonds is 8. The van der Waals surface area contributed by atoms with Gasteiger partial charge in [-0.25, -0.2) is 0 Å². The van der Waals surface area contributed by atoms with Gasteiger partial charge in [-0.1, -0.05) is 29.8 Å². The lowest BCUT2D eigenvalue weighted by molar-refractivity contribution is -0.126. The number of nitrogens with one attached hydrogen (secondary N) is 2. The van der Waals surface area contributed by atoms with Crippen LogP contribution in [0.25, 0.3) is 0 Å². The molecule has 0 atom stereocenters. The number of amides is 2. The van der Waals surface area contributed by atoms with Crippen LogP contribution in [-0.4, -0.2) is 31.2 Å². The normalized spacial score (nSPS) is 9.85. The monoisotopic (exact) mass is 276 g/mol. The molecule has 0 aliphatic rings. The van der Waals surface area contributed by atoms with Crippen molar-refractivity contribution in [1.29, 1.82) is 0 Å². The SMILES string of the molecule is Cc1ccc(CCCC(=O)NCC(=O)NCC=O)cc1. The first-order chi connectivity index (χ1) is 9.61. The fourth-order valence-electron chi connectivity index (χ4n) is 1.69. The first kappa shape index (κ1) is 15.9. The topological polar surface area (TPSA) is 75.3 Å². The number of hydrogen-bond acceptors (Lipinski definition) is 3. The first-order valence-electron chi connectivity index (χ1n) is 6.64. The van der Waals surface area contributed by atoms with Crippen molar-refractivity contribution in [2.75, 3.05) is 13.1 Å². The van der Waals surface area contributed by atoms with Crippen LogP contribution in [0.15, 0.2) is 24.3 Å². The lowest BCUT2D eigenvalue weighted by atomic mass is 10.1. The predicted molar refractivity (Wildman–Crippen MR) is 76.2 cm³/mol. The zero-order chi connectivity index (χ0) is 14.8. The van der Waals surface area contributed by atoms with Gasteiger partial charge in [-0.2, -0.15) is 0 Å². The van der Waals surface area contributed by atoms with Crippen LogP contribution in [0.5, 0.6) is 0 Å². The molecule has 1 aromatic carbocycles.